The monoisotopic (exact) mass is 325 g/mol. The van der Waals surface area contributed by atoms with E-state index in [4.69, 9.17) is 5.14 Å². The SMILES string of the molecule is NS(=O)(=O)c1cc([N+](=O)[O-])ccc1NCc1ccc(F)cc1. The zero-order chi connectivity index (χ0) is 16.3. The summed E-state index contributed by atoms with van der Waals surface area (Å²) in [6.07, 6.45) is 0. The summed E-state index contributed by atoms with van der Waals surface area (Å²) in [6.45, 7) is 0.209. The number of anilines is 1. The third-order valence-electron chi connectivity index (χ3n) is 2.88. The molecular weight excluding hydrogens is 313 g/mol. The molecule has 9 heteroatoms. The first-order valence-electron chi connectivity index (χ1n) is 6.07. The number of benzene rings is 2. The Kier molecular flexibility index (Phi) is 4.38. The number of halogens is 1. The molecule has 3 N–H and O–H groups in total. The summed E-state index contributed by atoms with van der Waals surface area (Å²) < 4.78 is 35.9. The van der Waals surface area contributed by atoms with Gasteiger partial charge in [-0.25, -0.2) is 17.9 Å². The predicted molar refractivity (Wildman–Crippen MR) is 78.2 cm³/mol. The van der Waals surface area contributed by atoms with Crippen molar-refractivity contribution >= 4 is 21.4 Å². The van der Waals surface area contributed by atoms with Gasteiger partial charge in [-0.15, -0.1) is 0 Å². The topological polar surface area (TPSA) is 115 Å². The molecule has 0 aromatic heterocycles. The van der Waals surface area contributed by atoms with E-state index < -0.39 is 14.9 Å². The van der Waals surface area contributed by atoms with E-state index in [-0.39, 0.29) is 28.6 Å². The second-order valence-corrected chi connectivity index (χ2v) is 5.99. The average molecular weight is 325 g/mol. The number of non-ortho nitro benzene ring substituents is 1. The molecule has 0 saturated carbocycles. The van der Waals surface area contributed by atoms with Crippen molar-refractivity contribution in [3.63, 3.8) is 0 Å². The first-order chi connectivity index (χ1) is 10.3. The van der Waals surface area contributed by atoms with Crippen LogP contribution < -0.4 is 10.5 Å². The minimum absolute atomic E-state index is 0.137. The van der Waals surface area contributed by atoms with Crippen molar-refractivity contribution < 1.29 is 17.7 Å². The third-order valence-corrected chi connectivity index (χ3v) is 3.83. The molecule has 0 unspecified atom stereocenters. The smallest absolute Gasteiger partial charge is 0.270 e. The largest absolute Gasteiger partial charge is 0.380 e. The van der Waals surface area contributed by atoms with Crippen molar-refractivity contribution in [2.75, 3.05) is 5.32 Å². The molecule has 2 aromatic carbocycles. The van der Waals surface area contributed by atoms with E-state index in [2.05, 4.69) is 5.32 Å². The number of hydrogen-bond acceptors (Lipinski definition) is 5. The summed E-state index contributed by atoms with van der Waals surface area (Å²) in [7, 11) is -4.13. The second-order valence-electron chi connectivity index (χ2n) is 4.46. The highest BCUT2D eigenvalue weighted by Gasteiger charge is 2.18. The normalized spacial score (nSPS) is 11.2. The molecule has 2 aromatic rings. The van der Waals surface area contributed by atoms with Crippen molar-refractivity contribution in [3.8, 4) is 0 Å². The van der Waals surface area contributed by atoms with Crippen molar-refractivity contribution in [2.45, 2.75) is 11.4 Å². The zero-order valence-electron chi connectivity index (χ0n) is 11.2. The molecule has 2 rings (SSSR count). The predicted octanol–water partition coefficient (Wildman–Crippen LogP) is 1.99. The number of rotatable bonds is 5. The molecule has 0 amide bonds. The Morgan fingerprint density at radius 2 is 1.82 bits per heavy atom. The van der Waals surface area contributed by atoms with Gasteiger partial charge in [0.1, 0.15) is 10.7 Å². The Morgan fingerprint density at radius 3 is 2.36 bits per heavy atom. The van der Waals surface area contributed by atoms with E-state index in [0.717, 1.165) is 6.07 Å². The molecule has 0 heterocycles. The minimum atomic E-state index is -4.13. The van der Waals surface area contributed by atoms with Gasteiger partial charge in [0.25, 0.3) is 5.69 Å². The van der Waals surface area contributed by atoms with Gasteiger partial charge in [-0.2, -0.15) is 0 Å². The van der Waals surface area contributed by atoms with Crippen LogP contribution in [0.4, 0.5) is 15.8 Å². The highest BCUT2D eigenvalue weighted by Crippen LogP contribution is 2.26. The molecule has 0 aliphatic carbocycles. The van der Waals surface area contributed by atoms with Gasteiger partial charge in [0, 0.05) is 18.7 Å². The van der Waals surface area contributed by atoms with Crippen molar-refractivity contribution in [2.24, 2.45) is 5.14 Å². The number of nitro benzene ring substituents is 1. The van der Waals surface area contributed by atoms with Crippen LogP contribution in [0.25, 0.3) is 0 Å². The van der Waals surface area contributed by atoms with E-state index in [9.17, 15) is 22.9 Å². The highest BCUT2D eigenvalue weighted by atomic mass is 32.2. The lowest BCUT2D eigenvalue weighted by molar-refractivity contribution is -0.385. The van der Waals surface area contributed by atoms with Crippen LogP contribution in [0.2, 0.25) is 0 Å². The van der Waals surface area contributed by atoms with Gasteiger partial charge in [0.15, 0.2) is 0 Å². The first-order valence-corrected chi connectivity index (χ1v) is 7.61. The van der Waals surface area contributed by atoms with Crippen LogP contribution in [0, 0.1) is 15.9 Å². The zero-order valence-corrected chi connectivity index (χ0v) is 12.0. The van der Waals surface area contributed by atoms with E-state index in [1.165, 1.54) is 36.4 Å². The third kappa shape index (κ3) is 3.77. The summed E-state index contributed by atoms with van der Waals surface area (Å²) in [4.78, 5) is 9.64. The number of nitrogens with one attached hydrogen (secondary N) is 1. The lowest BCUT2D eigenvalue weighted by Gasteiger charge is -2.10. The number of sulfonamides is 1. The van der Waals surface area contributed by atoms with Gasteiger partial charge in [-0.1, -0.05) is 12.1 Å². The number of hydrogen-bond donors (Lipinski definition) is 2. The Hall–Kier alpha value is -2.52. The molecular formula is C13H12FN3O4S. The lowest BCUT2D eigenvalue weighted by Crippen LogP contribution is -2.15. The fourth-order valence-electron chi connectivity index (χ4n) is 1.81. The number of nitro groups is 1. The maximum Gasteiger partial charge on any atom is 0.270 e. The van der Waals surface area contributed by atoms with Crippen LogP contribution in [0.1, 0.15) is 5.56 Å². The standard InChI is InChI=1S/C13H12FN3O4S/c14-10-3-1-9(2-4-10)8-16-12-6-5-11(17(18)19)7-13(12)22(15,20)21/h1-7,16H,8H2,(H2,15,20,21). The molecule has 0 radical (unpaired) electrons. The van der Waals surface area contributed by atoms with Crippen LogP contribution in [0.5, 0.6) is 0 Å². The summed E-state index contributed by atoms with van der Waals surface area (Å²) in [5, 5.41) is 18.6. The van der Waals surface area contributed by atoms with Crippen molar-refractivity contribution in [1.82, 2.24) is 0 Å². The Morgan fingerprint density at radius 1 is 1.18 bits per heavy atom. The average Bonchev–Trinajstić information content (AvgIpc) is 2.45. The maximum absolute atomic E-state index is 12.8. The van der Waals surface area contributed by atoms with Gasteiger partial charge in [0.05, 0.1) is 10.6 Å². The molecule has 0 aliphatic heterocycles. The van der Waals surface area contributed by atoms with Crippen molar-refractivity contribution in [1.29, 1.82) is 0 Å². The molecule has 0 aliphatic rings. The molecule has 22 heavy (non-hydrogen) atoms. The number of nitrogens with zero attached hydrogens (tertiary/aromatic N) is 1. The number of primary sulfonamides is 1. The van der Waals surface area contributed by atoms with Gasteiger partial charge < -0.3 is 5.32 Å². The molecule has 0 bridgehead atoms. The molecule has 0 fully saturated rings. The minimum Gasteiger partial charge on any atom is -0.380 e. The van der Waals surface area contributed by atoms with E-state index >= 15 is 0 Å². The van der Waals surface area contributed by atoms with Gasteiger partial charge in [-0.05, 0) is 23.8 Å². The fourth-order valence-corrected chi connectivity index (χ4v) is 2.54. The summed E-state index contributed by atoms with van der Waals surface area (Å²) in [5.41, 5.74) is 0.467. The second kappa shape index (κ2) is 6.08. The highest BCUT2D eigenvalue weighted by molar-refractivity contribution is 7.89. The van der Waals surface area contributed by atoms with Crippen LogP contribution in [0.3, 0.4) is 0 Å². The van der Waals surface area contributed by atoms with Crippen LogP contribution in [-0.4, -0.2) is 13.3 Å². The van der Waals surface area contributed by atoms with Crippen LogP contribution in [-0.2, 0) is 16.6 Å². The summed E-state index contributed by atoms with van der Waals surface area (Å²) >= 11 is 0. The van der Waals surface area contributed by atoms with E-state index in [1.807, 2.05) is 0 Å². The molecule has 0 saturated heterocycles. The number of nitrogens with two attached hydrogens (primary N) is 1. The van der Waals surface area contributed by atoms with Gasteiger partial charge in [0.2, 0.25) is 10.0 Å². The molecule has 116 valence electrons. The Balaban J connectivity index is 2.30. The molecule has 7 nitrogen and oxygen atoms in total. The van der Waals surface area contributed by atoms with Crippen molar-refractivity contribution in [3.05, 3.63) is 64.0 Å². The Bertz CT molecular complexity index is 807. The summed E-state index contributed by atoms with van der Waals surface area (Å²) in [6, 6.07) is 8.93. The van der Waals surface area contributed by atoms with Crippen LogP contribution in [0.15, 0.2) is 47.4 Å². The fraction of sp³-hybridized carbons (Fsp3) is 0.0769. The lowest BCUT2D eigenvalue weighted by atomic mass is 10.2. The van der Waals surface area contributed by atoms with E-state index in [1.54, 1.807) is 0 Å². The maximum atomic E-state index is 12.8. The quantitative estimate of drug-likeness (QED) is 0.644. The molecule has 0 spiro atoms. The van der Waals surface area contributed by atoms with Gasteiger partial charge >= 0.3 is 0 Å². The summed E-state index contributed by atoms with van der Waals surface area (Å²) in [5.74, 6) is -0.385. The molecule has 0 atom stereocenters. The Labute approximate surface area is 125 Å². The first kappa shape index (κ1) is 15.9. The van der Waals surface area contributed by atoms with Crippen LogP contribution >= 0.6 is 0 Å². The van der Waals surface area contributed by atoms with Gasteiger partial charge in [-0.3, -0.25) is 10.1 Å². The van der Waals surface area contributed by atoms with E-state index in [0.29, 0.717) is 5.56 Å².